The summed E-state index contributed by atoms with van der Waals surface area (Å²) in [7, 11) is 0. The highest BCUT2D eigenvalue weighted by Gasteiger charge is 2.22. The van der Waals surface area contributed by atoms with Gasteiger partial charge in [-0.25, -0.2) is 0 Å². The van der Waals surface area contributed by atoms with Crippen molar-refractivity contribution < 1.29 is 9.59 Å². The van der Waals surface area contributed by atoms with Gasteiger partial charge < -0.3 is 15.1 Å². The van der Waals surface area contributed by atoms with Crippen LogP contribution in [-0.2, 0) is 4.79 Å². The summed E-state index contributed by atoms with van der Waals surface area (Å²) in [6, 6.07) is 18.9. The summed E-state index contributed by atoms with van der Waals surface area (Å²) in [6.07, 6.45) is 0.512. The van der Waals surface area contributed by atoms with Crippen LogP contribution >= 0.6 is 23.8 Å². The lowest BCUT2D eigenvalue weighted by atomic mass is 10.0. The van der Waals surface area contributed by atoms with Crippen LogP contribution in [0.1, 0.15) is 23.7 Å². The predicted octanol–water partition coefficient (Wildman–Crippen LogP) is 4.68. The normalized spacial score (nSPS) is 13.6. The molecule has 4 rings (SSSR count). The first kappa shape index (κ1) is 23.0. The standard InChI is InChI=1S/C25H25ClN4O2S/c1-2-23(31)30-14-12-29(13-15-30)22-11-10-18(26)16-21(22)27-25(33)28-24(32)20-9-5-7-17-6-3-4-8-19(17)20/h3-11,16H,2,12-15H2,1H3,(H2,27,28,32,33). The molecule has 0 radical (unpaired) electrons. The summed E-state index contributed by atoms with van der Waals surface area (Å²) in [6.45, 7) is 4.62. The number of benzene rings is 3. The number of piperazine rings is 1. The quantitative estimate of drug-likeness (QED) is 0.531. The molecule has 2 amide bonds. The van der Waals surface area contributed by atoms with Gasteiger partial charge in [0.1, 0.15) is 0 Å². The molecule has 0 saturated carbocycles. The molecule has 0 aliphatic carbocycles. The molecule has 1 fully saturated rings. The Labute approximate surface area is 203 Å². The van der Waals surface area contributed by atoms with Gasteiger partial charge in [-0.1, -0.05) is 54.9 Å². The maximum atomic E-state index is 12.9. The van der Waals surface area contributed by atoms with Gasteiger partial charge in [-0.15, -0.1) is 0 Å². The molecule has 0 bridgehead atoms. The van der Waals surface area contributed by atoms with Crippen LogP contribution in [0, 0.1) is 0 Å². The van der Waals surface area contributed by atoms with E-state index in [-0.39, 0.29) is 16.9 Å². The first-order valence-electron chi connectivity index (χ1n) is 10.9. The molecule has 1 heterocycles. The fourth-order valence-electron chi connectivity index (χ4n) is 4.05. The first-order valence-corrected chi connectivity index (χ1v) is 11.7. The third-order valence-electron chi connectivity index (χ3n) is 5.74. The second-order valence-corrected chi connectivity index (χ2v) is 8.66. The second-order valence-electron chi connectivity index (χ2n) is 7.82. The minimum absolute atomic E-state index is 0.168. The number of fused-ring (bicyclic) bond motifs is 1. The van der Waals surface area contributed by atoms with Crippen molar-refractivity contribution >= 4 is 62.9 Å². The number of carbonyl (C=O) groups is 2. The number of hydrogen-bond acceptors (Lipinski definition) is 4. The van der Waals surface area contributed by atoms with Crippen LogP contribution in [0.3, 0.4) is 0 Å². The number of nitrogens with one attached hydrogen (secondary N) is 2. The molecule has 2 N–H and O–H groups in total. The van der Waals surface area contributed by atoms with E-state index in [1.54, 1.807) is 12.1 Å². The maximum Gasteiger partial charge on any atom is 0.258 e. The lowest BCUT2D eigenvalue weighted by molar-refractivity contribution is -0.131. The molecule has 0 unspecified atom stereocenters. The van der Waals surface area contributed by atoms with Crippen molar-refractivity contribution in [2.75, 3.05) is 36.4 Å². The van der Waals surface area contributed by atoms with E-state index in [0.717, 1.165) is 16.5 Å². The summed E-state index contributed by atoms with van der Waals surface area (Å²) < 4.78 is 0. The van der Waals surface area contributed by atoms with E-state index in [1.807, 2.05) is 60.4 Å². The van der Waals surface area contributed by atoms with Gasteiger partial charge in [0.15, 0.2) is 5.11 Å². The number of anilines is 2. The van der Waals surface area contributed by atoms with Crippen LogP contribution in [0.4, 0.5) is 11.4 Å². The monoisotopic (exact) mass is 480 g/mol. The van der Waals surface area contributed by atoms with Crippen LogP contribution in [0.15, 0.2) is 60.7 Å². The summed E-state index contributed by atoms with van der Waals surface area (Å²) in [4.78, 5) is 29.0. The Kier molecular flexibility index (Phi) is 7.11. The van der Waals surface area contributed by atoms with Gasteiger partial charge in [0.25, 0.3) is 5.91 Å². The van der Waals surface area contributed by atoms with Crippen molar-refractivity contribution in [3.63, 3.8) is 0 Å². The van der Waals surface area contributed by atoms with Crippen molar-refractivity contribution in [3.8, 4) is 0 Å². The number of halogens is 1. The summed E-state index contributed by atoms with van der Waals surface area (Å²) in [5, 5.41) is 8.52. The molecule has 3 aromatic carbocycles. The number of nitrogens with zero attached hydrogens (tertiary/aromatic N) is 2. The number of rotatable bonds is 4. The molecule has 3 aromatic rings. The fourth-order valence-corrected chi connectivity index (χ4v) is 4.43. The Morgan fingerprint density at radius 2 is 1.73 bits per heavy atom. The molecule has 33 heavy (non-hydrogen) atoms. The Morgan fingerprint density at radius 1 is 1.00 bits per heavy atom. The Balaban J connectivity index is 1.47. The minimum Gasteiger partial charge on any atom is -0.366 e. The summed E-state index contributed by atoms with van der Waals surface area (Å²) >= 11 is 11.7. The molecular formula is C25H25ClN4O2S. The van der Waals surface area contributed by atoms with Gasteiger partial charge >= 0.3 is 0 Å². The van der Waals surface area contributed by atoms with Gasteiger partial charge in [0, 0.05) is 43.2 Å². The van der Waals surface area contributed by atoms with E-state index >= 15 is 0 Å². The highest BCUT2D eigenvalue weighted by atomic mass is 35.5. The zero-order chi connectivity index (χ0) is 23.4. The molecule has 8 heteroatoms. The molecule has 0 atom stereocenters. The number of carbonyl (C=O) groups excluding carboxylic acids is 2. The van der Waals surface area contributed by atoms with Crippen molar-refractivity contribution in [2.24, 2.45) is 0 Å². The average molecular weight is 481 g/mol. The van der Waals surface area contributed by atoms with Gasteiger partial charge in [-0.2, -0.15) is 0 Å². The van der Waals surface area contributed by atoms with E-state index in [9.17, 15) is 9.59 Å². The SMILES string of the molecule is CCC(=O)N1CCN(c2ccc(Cl)cc2NC(=S)NC(=O)c2cccc3ccccc23)CC1. The smallest absolute Gasteiger partial charge is 0.258 e. The minimum atomic E-state index is -0.278. The fraction of sp³-hybridized carbons (Fsp3) is 0.240. The van der Waals surface area contributed by atoms with Crippen LogP contribution < -0.4 is 15.5 Å². The van der Waals surface area contributed by atoms with E-state index in [4.69, 9.17) is 23.8 Å². The zero-order valence-corrected chi connectivity index (χ0v) is 19.9. The van der Waals surface area contributed by atoms with Gasteiger partial charge in [0.2, 0.25) is 5.91 Å². The van der Waals surface area contributed by atoms with E-state index in [0.29, 0.717) is 48.9 Å². The molecule has 0 aromatic heterocycles. The van der Waals surface area contributed by atoms with E-state index in [2.05, 4.69) is 15.5 Å². The van der Waals surface area contributed by atoms with Gasteiger partial charge in [-0.05, 0) is 47.3 Å². The maximum absolute atomic E-state index is 12.9. The highest BCUT2D eigenvalue weighted by Crippen LogP contribution is 2.30. The number of thiocarbonyl (C=S) groups is 1. The zero-order valence-electron chi connectivity index (χ0n) is 18.3. The van der Waals surface area contributed by atoms with Crippen LogP contribution in [-0.4, -0.2) is 48.0 Å². The largest absolute Gasteiger partial charge is 0.366 e. The molecule has 1 aliphatic heterocycles. The molecule has 1 aliphatic rings. The van der Waals surface area contributed by atoms with Crippen molar-refractivity contribution in [3.05, 3.63) is 71.2 Å². The van der Waals surface area contributed by atoms with E-state index in [1.165, 1.54) is 0 Å². The lowest BCUT2D eigenvalue weighted by Crippen LogP contribution is -2.48. The Morgan fingerprint density at radius 3 is 2.48 bits per heavy atom. The topological polar surface area (TPSA) is 64.7 Å². The predicted molar refractivity (Wildman–Crippen MR) is 138 cm³/mol. The molecule has 6 nitrogen and oxygen atoms in total. The highest BCUT2D eigenvalue weighted by molar-refractivity contribution is 7.80. The van der Waals surface area contributed by atoms with Crippen molar-refractivity contribution in [1.82, 2.24) is 10.2 Å². The van der Waals surface area contributed by atoms with Gasteiger partial charge in [-0.3, -0.25) is 14.9 Å². The average Bonchev–Trinajstić information content (AvgIpc) is 2.83. The third kappa shape index (κ3) is 5.26. The van der Waals surface area contributed by atoms with Crippen LogP contribution in [0.5, 0.6) is 0 Å². The molecular weight excluding hydrogens is 456 g/mol. The van der Waals surface area contributed by atoms with Crippen molar-refractivity contribution in [2.45, 2.75) is 13.3 Å². The van der Waals surface area contributed by atoms with Crippen molar-refractivity contribution in [1.29, 1.82) is 0 Å². The Bertz CT molecular complexity index is 1200. The lowest BCUT2D eigenvalue weighted by Gasteiger charge is -2.37. The van der Waals surface area contributed by atoms with E-state index < -0.39 is 0 Å². The molecule has 0 spiro atoms. The molecule has 1 saturated heterocycles. The number of hydrogen-bond donors (Lipinski definition) is 2. The first-order chi connectivity index (χ1) is 16.0. The third-order valence-corrected chi connectivity index (χ3v) is 6.18. The van der Waals surface area contributed by atoms with Gasteiger partial charge in [0.05, 0.1) is 11.4 Å². The summed E-state index contributed by atoms with van der Waals surface area (Å²) in [5.74, 6) is -0.110. The van der Waals surface area contributed by atoms with Crippen LogP contribution in [0.25, 0.3) is 10.8 Å². The molecule has 170 valence electrons. The second kappa shape index (κ2) is 10.2. The summed E-state index contributed by atoms with van der Waals surface area (Å²) in [5.41, 5.74) is 2.19. The van der Waals surface area contributed by atoms with Crippen LogP contribution in [0.2, 0.25) is 5.02 Å². The Hall–Kier alpha value is -3.16. The number of amides is 2.